The van der Waals surface area contributed by atoms with Crippen LogP contribution in [-0.4, -0.2) is 66.2 Å². The van der Waals surface area contributed by atoms with Gasteiger partial charge in [0.05, 0.1) is 17.6 Å². The van der Waals surface area contributed by atoms with Crippen LogP contribution in [0.15, 0.2) is 35.4 Å². The molecule has 0 spiro atoms. The molecule has 1 saturated heterocycles. The summed E-state index contributed by atoms with van der Waals surface area (Å²) < 4.78 is 2.56. The third-order valence-electron chi connectivity index (χ3n) is 4.71. The van der Waals surface area contributed by atoms with Gasteiger partial charge < -0.3 is 9.88 Å². The molecule has 136 valence electrons. The fraction of sp³-hybridized carbons (Fsp3) is 0.412. The second-order valence-electron chi connectivity index (χ2n) is 6.54. The Morgan fingerprint density at radius 1 is 1.19 bits per heavy atom. The number of aromatic amines is 1. The standard InChI is InChI=1S/C17H21N7O2/c1-21-12-18-24(17(21)26)11-16(25)23-8-6-22(7-9-23)10-15-19-13-4-2-3-5-14(13)20-15/h2-5,12H,6-11H2,1H3,(H,19,20). The normalized spacial score (nSPS) is 15.7. The largest absolute Gasteiger partial charge is 0.345 e. The van der Waals surface area contributed by atoms with Crippen molar-refractivity contribution in [1.29, 1.82) is 0 Å². The first-order chi connectivity index (χ1) is 12.6. The minimum absolute atomic E-state index is 0.0107. The van der Waals surface area contributed by atoms with Gasteiger partial charge in [0.25, 0.3) is 0 Å². The monoisotopic (exact) mass is 355 g/mol. The second kappa shape index (κ2) is 6.75. The molecule has 3 aromatic rings. The highest BCUT2D eigenvalue weighted by molar-refractivity contribution is 5.76. The van der Waals surface area contributed by atoms with E-state index in [9.17, 15) is 9.59 Å². The molecule has 0 saturated carbocycles. The minimum Gasteiger partial charge on any atom is -0.341 e. The number of nitrogens with zero attached hydrogens (tertiary/aromatic N) is 6. The first kappa shape index (κ1) is 16.5. The van der Waals surface area contributed by atoms with Crippen molar-refractivity contribution in [3.05, 3.63) is 46.9 Å². The maximum absolute atomic E-state index is 12.4. The Morgan fingerprint density at radius 2 is 1.96 bits per heavy atom. The molecule has 0 radical (unpaired) electrons. The fourth-order valence-corrected chi connectivity index (χ4v) is 3.20. The molecule has 0 atom stereocenters. The van der Waals surface area contributed by atoms with Crippen molar-refractivity contribution < 1.29 is 4.79 Å². The topological polar surface area (TPSA) is 92.1 Å². The van der Waals surface area contributed by atoms with Crippen LogP contribution in [0.3, 0.4) is 0 Å². The third-order valence-corrected chi connectivity index (χ3v) is 4.71. The van der Waals surface area contributed by atoms with Crippen molar-refractivity contribution >= 4 is 16.9 Å². The Hall–Kier alpha value is -2.94. The summed E-state index contributed by atoms with van der Waals surface area (Å²) in [7, 11) is 1.62. The summed E-state index contributed by atoms with van der Waals surface area (Å²) in [5, 5.41) is 3.94. The van der Waals surface area contributed by atoms with E-state index in [1.807, 2.05) is 24.3 Å². The molecule has 1 amide bonds. The van der Waals surface area contributed by atoms with Crippen LogP contribution in [0.5, 0.6) is 0 Å². The summed E-state index contributed by atoms with van der Waals surface area (Å²) in [4.78, 5) is 36.2. The van der Waals surface area contributed by atoms with Crippen LogP contribution >= 0.6 is 0 Å². The number of aryl methyl sites for hydroxylation is 1. The molecule has 0 unspecified atom stereocenters. The summed E-state index contributed by atoms with van der Waals surface area (Å²) in [5.41, 5.74) is 1.73. The number of fused-ring (bicyclic) bond motifs is 1. The Morgan fingerprint density at radius 3 is 2.65 bits per heavy atom. The maximum atomic E-state index is 12.4. The smallest absolute Gasteiger partial charge is 0.341 e. The first-order valence-corrected chi connectivity index (χ1v) is 8.62. The van der Waals surface area contributed by atoms with Gasteiger partial charge in [0.2, 0.25) is 5.91 Å². The average molecular weight is 355 g/mol. The van der Waals surface area contributed by atoms with E-state index in [0.717, 1.165) is 36.5 Å². The predicted molar refractivity (Wildman–Crippen MR) is 95.4 cm³/mol. The summed E-state index contributed by atoms with van der Waals surface area (Å²) >= 11 is 0. The Balaban J connectivity index is 1.32. The number of H-pyrrole nitrogens is 1. The number of hydrogen-bond acceptors (Lipinski definition) is 5. The van der Waals surface area contributed by atoms with Gasteiger partial charge in [-0.2, -0.15) is 5.10 Å². The van der Waals surface area contributed by atoms with Gasteiger partial charge in [0.1, 0.15) is 18.7 Å². The quantitative estimate of drug-likeness (QED) is 0.700. The van der Waals surface area contributed by atoms with Crippen molar-refractivity contribution in [3.8, 4) is 0 Å². The molecule has 1 fully saturated rings. The highest BCUT2D eigenvalue weighted by atomic mass is 16.2. The first-order valence-electron chi connectivity index (χ1n) is 8.62. The van der Waals surface area contributed by atoms with E-state index < -0.39 is 0 Å². The molecular formula is C17H21N7O2. The summed E-state index contributed by atoms with van der Waals surface area (Å²) in [6, 6.07) is 7.97. The Kier molecular flexibility index (Phi) is 4.29. The highest BCUT2D eigenvalue weighted by Crippen LogP contribution is 2.13. The number of rotatable bonds is 4. The Labute approximate surface area is 149 Å². The lowest BCUT2D eigenvalue weighted by atomic mass is 10.3. The average Bonchev–Trinajstić information content (AvgIpc) is 3.19. The minimum atomic E-state index is -0.276. The van der Waals surface area contributed by atoms with Crippen LogP contribution in [0.4, 0.5) is 0 Å². The van der Waals surface area contributed by atoms with Crippen LogP contribution in [0.25, 0.3) is 11.0 Å². The molecule has 9 heteroatoms. The van der Waals surface area contributed by atoms with Gasteiger partial charge in [0.15, 0.2) is 0 Å². The lowest BCUT2D eigenvalue weighted by Crippen LogP contribution is -2.49. The summed E-state index contributed by atoms with van der Waals surface area (Å²) in [6.07, 6.45) is 1.42. The second-order valence-corrected chi connectivity index (χ2v) is 6.54. The number of hydrogen-bond donors (Lipinski definition) is 1. The lowest BCUT2D eigenvalue weighted by molar-refractivity contribution is -0.133. The number of amides is 1. The zero-order chi connectivity index (χ0) is 18.1. The fourth-order valence-electron chi connectivity index (χ4n) is 3.20. The van der Waals surface area contributed by atoms with Crippen molar-refractivity contribution in [3.63, 3.8) is 0 Å². The number of para-hydroxylation sites is 2. The van der Waals surface area contributed by atoms with Crippen molar-refractivity contribution in [1.82, 2.24) is 34.1 Å². The van der Waals surface area contributed by atoms with Gasteiger partial charge in [-0.25, -0.2) is 14.5 Å². The van der Waals surface area contributed by atoms with E-state index in [1.165, 1.54) is 15.6 Å². The SMILES string of the molecule is Cn1cnn(CC(=O)N2CCN(Cc3nc4ccccc4[nH]3)CC2)c1=O. The van der Waals surface area contributed by atoms with Crippen molar-refractivity contribution in [2.75, 3.05) is 26.2 Å². The van der Waals surface area contributed by atoms with Crippen LogP contribution in [0.2, 0.25) is 0 Å². The molecule has 4 rings (SSSR count). The van der Waals surface area contributed by atoms with Crippen LogP contribution in [0.1, 0.15) is 5.82 Å². The van der Waals surface area contributed by atoms with E-state index >= 15 is 0 Å². The number of carbonyl (C=O) groups is 1. The molecule has 3 heterocycles. The van der Waals surface area contributed by atoms with E-state index in [2.05, 4.69) is 20.0 Å². The van der Waals surface area contributed by atoms with Gasteiger partial charge in [-0.1, -0.05) is 12.1 Å². The van der Waals surface area contributed by atoms with E-state index in [0.29, 0.717) is 13.1 Å². The van der Waals surface area contributed by atoms with E-state index in [1.54, 1.807) is 11.9 Å². The summed E-state index contributed by atoms with van der Waals surface area (Å²) in [5.74, 6) is 0.861. The molecule has 1 aliphatic rings. The molecule has 0 bridgehead atoms. The molecule has 9 nitrogen and oxygen atoms in total. The third kappa shape index (κ3) is 3.25. The van der Waals surface area contributed by atoms with Gasteiger partial charge in [-0.05, 0) is 12.1 Å². The predicted octanol–water partition coefficient (Wildman–Crippen LogP) is -0.197. The van der Waals surface area contributed by atoms with Crippen LogP contribution < -0.4 is 5.69 Å². The van der Waals surface area contributed by atoms with Gasteiger partial charge in [-0.3, -0.25) is 14.3 Å². The zero-order valence-electron chi connectivity index (χ0n) is 14.6. The van der Waals surface area contributed by atoms with E-state index in [-0.39, 0.29) is 18.1 Å². The molecule has 1 N–H and O–H groups in total. The zero-order valence-corrected chi connectivity index (χ0v) is 14.6. The maximum Gasteiger partial charge on any atom is 0.345 e. The van der Waals surface area contributed by atoms with Gasteiger partial charge in [-0.15, -0.1) is 0 Å². The van der Waals surface area contributed by atoms with Gasteiger partial charge in [0, 0.05) is 33.2 Å². The number of imidazole rings is 1. The Bertz CT molecular complexity index is 945. The summed E-state index contributed by atoms with van der Waals surface area (Å²) in [6.45, 7) is 3.56. The number of piperazine rings is 1. The van der Waals surface area contributed by atoms with Crippen molar-refractivity contribution in [2.24, 2.45) is 7.05 Å². The molecule has 1 aromatic carbocycles. The molecule has 0 aliphatic carbocycles. The lowest BCUT2D eigenvalue weighted by Gasteiger charge is -2.34. The number of nitrogens with one attached hydrogen (secondary N) is 1. The van der Waals surface area contributed by atoms with Gasteiger partial charge >= 0.3 is 5.69 Å². The molecular weight excluding hydrogens is 334 g/mol. The molecule has 26 heavy (non-hydrogen) atoms. The van der Waals surface area contributed by atoms with Crippen LogP contribution in [0, 0.1) is 0 Å². The van der Waals surface area contributed by atoms with Crippen molar-refractivity contribution in [2.45, 2.75) is 13.1 Å². The molecule has 2 aromatic heterocycles. The number of carbonyl (C=O) groups excluding carboxylic acids is 1. The highest BCUT2D eigenvalue weighted by Gasteiger charge is 2.22. The van der Waals surface area contributed by atoms with E-state index in [4.69, 9.17) is 0 Å². The number of aromatic nitrogens is 5. The molecule has 1 aliphatic heterocycles. The van der Waals surface area contributed by atoms with Crippen LogP contribution in [-0.2, 0) is 24.9 Å². The number of benzene rings is 1.